The largest absolute Gasteiger partial charge is 0.379 e. The molecule has 18 heavy (non-hydrogen) atoms. The number of nitrogens with zero attached hydrogens (tertiary/aromatic N) is 2. The highest BCUT2D eigenvalue weighted by molar-refractivity contribution is 7.11. The van der Waals surface area contributed by atoms with Crippen molar-refractivity contribution in [1.82, 2.24) is 15.2 Å². The quantitative estimate of drug-likeness (QED) is 0.858. The van der Waals surface area contributed by atoms with Crippen molar-refractivity contribution in [2.24, 2.45) is 0 Å². The van der Waals surface area contributed by atoms with Gasteiger partial charge in [-0.2, -0.15) is 0 Å². The van der Waals surface area contributed by atoms with Gasteiger partial charge in [-0.05, 0) is 6.42 Å². The fourth-order valence-electron chi connectivity index (χ4n) is 1.94. The predicted octanol–water partition coefficient (Wildman–Crippen LogP) is 0.767. The fraction of sp³-hybridized carbons (Fsp3) is 0.667. The molecule has 0 aliphatic carbocycles. The Morgan fingerprint density at radius 1 is 1.56 bits per heavy atom. The zero-order valence-electron chi connectivity index (χ0n) is 10.6. The van der Waals surface area contributed by atoms with E-state index in [0.29, 0.717) is 6.54 Å². The van der Waals surface area contributed by atoms with Crippen molar-refractivity contribution >= 4 is 17.2 Å². The van der Waals surface area contributed by atoms with Crippen LogP contribution in [0.4, 0.5) is 0 Å². The highest BCUT2D eigenvalue weighted by Gasteiger charge is 2.14. The molecule has 1 aromatic rings. The van der Waals surface area contributed by atoms with Crippen LogP contribution in [0.5, 0.6) is 0 Å². The Balaban J connectivity index is 1.74. The SMILES string of the molecule is CCc1ncsc1C(=O)NCCN1CCOCC1. The second kappa shape index (κ2) is 6.82. The Hall–Kier alpha value is -0.980. The lowest BCUT2D eigenvalue weighted by molar-refractivity contribution is 0.0383. The molecule has 1 aliphatic heterocycles. The van der Waals surface area contributed by atoms with Crippen molar-refractivity contribution in [3.05, 3.63) is 16.1 Å². The molecule has 0 radical (unpaired) electrons. The number of carbonyl (C=O) groups excluding carboxylic acids is 1. The highest BCUT2D eigenvalue weighted by Crippen LogP contribution is 2.13. The third kappa shape index (κ3) is 3.51. The number of aromatic nitrogens is 1. The third-order valence-electron chi connectivity index (χ3n) is 3.00. The molecule has 1 aromatic heterocycles. The Morgan fingerprint density at radius 2 is 2.33 bits per heavy atom. The van der Waals surface area contributed by atoms with Gasteiger partial charge >= 0.3 is 0 Å². The zero-order valence-corrected chi connectivity index (χ0v) is 11.5. The molecule has 5 nitrogen and oxygen atoms in total. The Bertz CT molecular complexity index is 388. The van der Waals surface area contributed by atoms with E-state index in [1.165, 1.54) is 11.3 Å². The van der Waals surface area contributed by atoms with Gasteiger partial charge in [-0.25, -0.2) is 4.98 Å². The van der Waals surface area contributed by atoms with Gasteiger partial charge in [-0.15, -0.1) is 11.3 Å². The predicted molar refractivity (Wildman–Crippen MR) is 71.1 cm³/mol. The molecule has 0 unspecified atom stereocenters. The van der Waals surface area contributed by atoms with Gasteiger partial charge < -0.3 is 10.1 Å². The van der Waals surface area contributed by atoms with Crippen molar-refractivity contribution < 1.29 is 9.53 Å². The first-order valence-electron chi connectivity index (χ1n) is 6.32. The molecule has 2 rings (SSSR count). The van der Waals surface area contributed by atoms with Crippen molar-refractivity contribution in [2.45, 2.75) is 13.3 Å². The Kier molecular flexibility index (Phi) is 5.10. The number of carbonyl (C=O) groups is 1. The number of aryl methyl sites for hydroxylation is 1. The van der Waals surface area contributed by atoms with Crippen molar-refractivity contribution in [2.75, 3.05) is 39.4 Å². The van der Waals surface area contributed by atoms with Crippen LogP contribution in [0.1, 0.15) is 22.3 Å². The minimum Gasteiger partial charge on any atom is -0.379 e. The molecule has 0 aromatic carbocycles. The van der Waals surface area contributed by atoms with Gasteiger partial charge in [0.15, 0.2) is 0 Å². The van der Waals surface area contributed by atoms with E-state index in [1.54, 1.807) is 5.51 Å². The molecule has 0 bridgehead atoms. The summed E-state index contributed by atoms with van der Waals surface area (Å²) in [6, 6.07) is 0. The Labute approximate surface area is 111 Å². The molecule has 1 N–H and O–H groups in total. The van der Waals surface area contributed by atoms with Crippen LogP contribution in [0.25, 0.3) is 0 Å². The van der Waals surface area contributed by atoms with E-state index in [0.717, 1.165) is 49.8 Å². The molecule has 1 saturated heterocycles. The Morgan fingerprint density at radius 3 is 3.06 bits per heavy atom. The monoisotopic (exact) mass is 269 g/mol. The number of hydrogen-bond acceptors (Lipinski definition) is 5. The molecular weight excluding hydrogens is 250 g/mol. The van der Waals surface area contributed by atoms with Crippen molar-refractivity contribution in [3.63, 3.8) is 0 Å². The lowest BCUT2D eigenvalue weighted by Gasteiger charge is -2.26. The summed E-state index contributed by atoms with van der Waals surface area (Å²) in [6.07, 6.45) is 0.801. The van der Waals surface area contributed by atoms with Crippen LogP contribution in [-0.4, -0.2) is 55.2 Å². The van der Waals surface area contributed by atoms with Crippen LogP contribution in [0.15, 0.2) is 5.51 Å². The number of morpholine rings is 1. The third-order valence-corrected chi connectivity index (χ3v) is 3.87. The van der Waals surface area contributed by atoms with Gasteiger partial charge in [0.25, 0.3) is 5.91 Å². The van der Waals surface area contributed by atoms with E-state index in [1.807, 2.05) is 6.92 Å². The van der Waals surface area contributed by atoms with E-state index in [-0.39, 0.29) is 5.91 Å². The van der Waals surface area contributed by atoms with Crippen LogP contribution >= 0.6 is 11.3 Å². The molecular formula is C12H19N3O2S. The summed E-state index contributed by atoms with van der Waals surface area (Å²) in [5.74, 6) is 0.00242. The van der Waals surface area contributed by atoms with Gasteiger partial charge in [0.05, 0.1) is 24.4 Å². The van der Waals surface area contributed by atoms with Crippen LogP contribution in [0.2, 0.25) is 0 Å². The van der Waals surface area contributed by atoms with Crippen LogP contribution in [-0.2, 0) is 11.2 Å². The molecule has 6 heteroatoms. The van der Waals surface area contributed by atoms with Crippen LogP contribution in [0, 0.1) is 0 Å². The normalized spacial score (nSPS) is 16.7. The van der Waals surface area contributed by atoms with E-state index in [2.05, 4.69) is 15.2 Å². The average molecular weight is 269 g/mol. The standard InChI is InChI=1S/C12H19N3O2S/c1-2-10-11(18-9-14-10)12(16)13-3-4-15-5-7-17-8-6-15/h9H,2-8H2,1H3,(H,13,16). The second-order valence-electron chi connectivity index (χ2n) is 4.19. The fourth-order valence-corrected chi connectivity index (χ4v) is 2.74. The summed E-state index contributed by atoms with van der Waals surface area (Å²) >= 11 is 1.41. The van der Waals surface area contributed by atoms with E-state index >= 15 is 0 Å². The van der Waals surface area contributed by atoms with Crippen LogP contribution in [0.3, 0.4) is 0 Å². The summed E-state index contributed by atoms with van der Waals surface area (Å²) in [7, 11) is 0. The molecule has 1 fully saturated rings. The summed E-state index contributed by atoms with van der Waals surface area (Å²) in [6.45, 7) is 7.08. The van der Waals surface area contributed by atoms with Gasteiger partial charge in [0, 0.05) is 26.2 Å². The number of nitrogens with one attached hydrogen (secondary N) is 1. The minimum atomic E-state index is 0.00242. The van der Waals surface area contributed by atoms with Gasteiger partial charge in [0.1, 0.15) is 4.88 Å². The highest BCUT2D eigenvalue weighted by atomic mass is 32.1. The molecule has 100 valence electrons. The maximum absolute atomic E-state index is 11.9. The summed E-state index contributed by atoms with van der Waals surface area (Å²) in [5, 5.41) is 2.96. The molecule has 0 spiro atoms. The topological polar surface area (TPSA) is 54.5 Å². The zero-order chi connectivity index (χ0) is 12.8. The lowest BCUT2D eigenvalue weighted by Crippen LogP contribution is -2.41. The summed E-state index contributed by atoms with van der Waals surface area (Å²) in [4.78, 5) is 19.2. The average Bonchev–Trinajstić information content (AvgIpc) is 2.88. The van der Waals surface area contributed by atoms with E-state index in [4.69, 9.17) is 4.74 Å². The first kappa shape index (κ1) is 13.5. The van der Waals surface area contributed by atoms with E-state index < -0.39 is 0 Å². The lowest BCUT2D eigenvalue weighted by atomic mass is 10.3. The molecule has 2 heterocycles. The number of hydrogen-bond donors (Lipinski definition) is 1. The summed E-state index contributed by atoms with van der Waals surface area (Å²) in [5.41, 5.74) is 2.62. The summed E-state index contributed by atoms with van der Waals surface area (Å²) < 4.78 is 5.28. The van der Waals surface area contributed by atoms with Gasteiger partial charge in [-0.3, -0.25) is 9.69 Å². The smallest absolute Gasteiger partial charge is 0.263 e. The molecule has 1 aliphatic rings. The van der Waals surface area contributed by atoms with Crippen molar-refractivity contribution in [1.29, 1.82) is 0 Å². The molecule has 1 amide bonds. The molecule has 0 atom stereocenters. The van der Waals surface area contributed by atoms with Crippen molar-refractivity contribution in [3.8, 4) is 0 Å². The maximum atomic E-state index is 11.9. The van der Waals surface area contributed by atoms with E-state index in [9.17, 15) is 4.79 Å². The number of amides is 1. The van der Waals surface area contributed by atoms with Gasteiger partial charge in [0.2, 0.25) is 0 Å². The number of thiazole rings is 1. The maximum Gasteiger partial charge on any atom is 0.263 e. The molecule has 0 saturated carbocycles. The first-order chi connectivity index (χ1) is 8.81. The number of ether oxygens (including phenoxy) is 1. The number of rotatable bonds is 5. The second-order valence-corrected chi connectivity index (χ2v) is 5.05. The van der Waals surface area contributed by atoms with Crippen LogP contribution < -0.4 is 5.32 Å². The van der Waals surface area contributed by atoms with Gasteiger partial charge in [-0.1, -0.05) is 6.92 Å². The minimum absolute atomic E-state index is 0.00242. The first-order valence-corrected chi connectivity index (χ1v) is 7.20.